The van der Waals surface area contributed by atoms with Crippen LogP contribution in [0, 0.1) is 0 Å². The van der Waals surface area contributed by atoms with E-state index in [9.17, 15) is 0 Å². The fourth-order valence-electron chi connectivity index (χ4n) is 4.17. The van der Waals surface area contributed by atoms with E-state index in [0.29, 0.717) is 0 Å². The van der Waals surface area contributed by atoms with E-state index in [1.165, 1.54) is 21.9 Å². The summed E-state index contributed by atoms with van der Waals surface area (Å²) in [6.07, 6.45) is 3.25. The van der Waals surface area contributed by atoms with Gasteiger partial charge in [-0.3, -0.25) is 0 Å². The highest BCUT2D eigenvalue weighted by atomic mass is 16.5. The van der Waals surface area contributed by atoms with Gasteiger partial charge in [0.1, 0.15) is 0 Å². The van der Waals surface area contributed by atoms with Crippen LogP contribution in [0.5, 0.6) is 0 Å². The van der Waals surface area contributed by atoms with Crippen molar-refractivity contribution in [3.63, 3.8) is 0 Å². The molecule has 0 aliphatic carbocycles. The van der Waals surface area contributed by atoms with Crippen LogP contribution in [-0.2, 0) is 16.6 Å². The molecule has 0 amide bonds. The molecule has 4 rings (SSSR count). The van der Waals surface area contributed by atoms with Gasteiger partial charge in [0.15, 0.2) is 0 Å². The van der Waals surface area contributed by atoms with E-state index >= 15 is 0 Å². The summed E-state index contributed by atoms with van der Waals surface area (Å²) >= 11 is 0. The van der Waals surface area contributed by atoms with Crippen LogP contribution in [0.25, 0.3) is 10.8 Å². The summed E-state index contributed by atoms with van der Waals surface area (Å²) in [5.74, 6) is 0. The molecule has 1 fully saturated rings. The van der Waals surface area contributed by atoms with Gasteiger partial charge in [0, 0.05) is 5.41 Å². The Labute approximate surface area is 156 Å². The van der Waals surface area contributed by atoms with E-state index in [1.54, 1.807) is 0 Å². The molecule has 0 radical (unpaired) electrons. The van der Waals surface area contributed by atoms with Gasteiger partial charge in [-0.15, -0.1) is 0 Å². The third-order valence-corrected chi connectivity index (χ3v) is 5.72. The molecule has 0 unspecified atom stereocenters. The second kappa shape index (κ2) is 8.03. The Kier molecular flexibility index (Phi) is 5.33. The lowest BCUT2D eigenvalue weighted by Gasteiger charge is -2.38. The first kappa shape index (κ1) is 17.3. The number of benzene rings is 3. The maximum Gasteiger partial charge on any atom is 0.0564 e. The zero-order valence-corrected chi connectivity index (χ0v) is 15.3. The summed E-state index contributed by atoms with van der Waals surface area (Å²) in [7, 11) is 0. The van der Waals surface area contributed by atoms with E-state index in [2.05, 4.69) is 78.1 Å². The molecule has 0 atom stereocenters. The number of fused-ring (bicyclic) bond motifs is 1. The Morgan fingerprint density at radius 3 is 2.38 bits per heavy atom. The Balaban J connectivity index is 1.42. The lowest BCUT2D eigenvalue weighted by Crippen LogP contribution is -2.43. The zero-order chi connectivity index (χ0) is 17.7. The molecule has 0 bridgehead atoms. The maximum atomic E-state index is 6.26. The molecule has 1 aliphatic rings. The predicted molar refractivity (Wildman–Crippen MR) is 109 cm³/mol. The zero-order valence-electron chi connectivity index (χ0n) is 15.3. The quantitative estimate of drug-likeness (QED) is 0.653. The summed E-state index contributed by atoms with van der Waals surface area (Å²) in [6, 6.07) is 26.1. The van der Waals surface area contributed by atoms with Gasteiger partial charge in [-0.25, -0.2) is 0 Å². The van der Waals surface area contributed by atoms with Crippen molar-refractivity contribution in [1.29, 1.82) is 0 Å². The third kappa shape index (κ3) is 3.67. The summed E-state index contributed by atoms with van der Waals surface area (Å²) in [6.45, 7) is 3.72. The maximum absolute atomic E-state index is 6.26. The summed E-state index contributed by atoms with van der Waals surface area (Å²) in [5.41, 5.74) is 2.96. The van der Waals surface area contributed by atoms with E-state index in [0.717, 1.165) is 45.6 Å². The second-order valence-electron chi connectivity index (χ2n) is 7.34. The van der Waals surface area contributed by atoms with E-state index in [1.807, 2.05) is 0 Å². The minimum Gasteiger partial charge on any atom is -0.380 e. The Bertz CT molecular complexity index is 832. The molecule has 134 valence electrons. The molecule has 3 aromatic carbocycles. The molecular formula is C24H27NO. The Morgan fingerprint density at radius 2 is 1.54 bits per heavy atom. The van der Waals surface area contributed by atoms with Crippen LogP contribution in [0.1, 0.15) is 24.0 Å². The number of nitrogens with one attached hydrogen (secondary N) is 1. The molecule has 1 heterocycles. The standard InChI is InChI=1S/C24H27NO/c1-2-10-22(11-3-1)24(14-16-25-17-15-24)19-26-18-13-21-9-6-8-20-7-4-5-12-23(20)21/h1-12,25H,13-19H2. The Morgan fingerprint density at radius 1 is 0.808 bits per heavy atom. The van der Waals surface area contributed by atoms with Crippen molar-refractivity contribution in [3.05, 3.63) is 83.9 Å². The summed E-state index contributed by atoms with van der Waals surface area (Å²) in [5, 5.41) is 6.15. The largest absolute Gasteiger partial charge is 0.380 e. The lowest BCUT2D eigenvalue weighted by atomic mass is 9.74. The van der Waals surface area contributed by atoms with E-state index in [4.69, 9.17) is 4.74 Å². The average Bonchev–Trinajstić information content (AvgIpc) is 2.73. The van der Waals surface area contributed by atoms with Gasteiger partial charge in [0.2, 0.25) is 0 Å². The normalized spacial score (nSPS) is 16.6. The molecule has 0 aromatic heterocycles. The fourth-order valence-corrected chi connectivity index (χ4v) is 4.17. The van der Waals surface area contributed by atoms with Crippen LogP contribution < -0.4 is 5.32 Å². The number of hydrogen-bond acceptors (Lipinski definition) is 2. The first-order valence-electron chi connectivity index (χ1n) is 9.68. The van der Waals surface area contributed by atoms with Gasteiger partial charge in [-0.05, 0) is 54.3 Å². The van der Waals surface area contributed by atoms with Crippen molar-refractivity contribution < 1.29 is 4.74 Å². The molecule has 3 aromatic rings. The van der Waals surface area contributed by atoms with Crippen molar-refractivity contribution in [2.75, 3.05) is 26.3 Å². The van der Waals surface area contributed by atoms with Gasteiger partial charge in [0.25, 0.3) is 0 Å². The van der Waals surface area contributed by atoms with Crippen molar-refractivity contribution in [1.82, 2.24) is 5.32 Å². The van der Waals surface area contributed by atoms with Crippen molar-refractivity contribution in [2.24, 2.45) is 0 Å². The van der Waals surface area contributed by atoms with Crippen molar-refractivity contribution in [2.45, 2.75) is 24.7 Å². The minimum absolute atomic E-state index is 0.158. The number of rotatable bonds is 6. The number of piperidine rings is 1. The highest BCUT2D eigenvalue weighted by Gasteiger charge is 2.33. The van der Waals surface area contributed by atoms with Crippen molar-refractivity contribution >= 4 is 10.8 Å². The average molecular weight is 345 g/mol. The topological polar surface area (TPSA) is 21.3 Å². The monoisotopic (exact) mass is 345 g/mol. The van der Waals surface area contributed by atoms with Crippen molar-refractivity contribution in [3.8, 4) is 0 Å². The smallest absolute Gasteiger partial charge is 0.0564 e. The van der Waals surface area contributed by atoms with Crippen LogP contribution >= 0.6 is 0 Å². The molecule has 0 spiro atoms. The Hall–Kier alpha value is -2.16. The number of hydrogen-bond donors (Lipinski definition) is 1. The first-order chi connectivity index (χ1) is 12.9. The molecule has 1 aliphatic heterocycles. The van der Waals surface area contributed by atoms with Gasteiger partial charge in [-0.1, -0.05) is 72.8 Å². The molecule has 1 saturated heterocycles. The van der Waals surface area contributed by atoms with Crippen LogP contribution in [0.15, 0.2) is 72.8 Å². The molecule has 26 heavy (non-hydrogen) atoms. The van der Waals surface area contributed by atoms with Gasteiger partial charge in [0.05, 0.1) is 13.2 Å². The van der Waals surface area contributed by atoms with Gasteiger partial charge in [-0.2, -0.15) is 0 Å². The van der Waals surface area contributed by atoms with Gasteiger partial charge < -0.3 is 10.1 Å². The van der Waals surface area contributed by atoms with Crippen LogP contribution in [0.2, 0.25) is 0 Å². The summed E-state index contributed by atoms with van der Waals surface area (Å²) in [4.78, 5) is 0. The molecule has 0 saturated carbocycles. The van der Waals surface area contributed by atoms with Crippen LogP contribution in [-0.4, -0.2) is 26.3 Å². The first-order valence-corrected chi connectivity index (χ1v) is 9.68. The third-order valence-electron chi connectivity index (χ3n) is 5.72. The highest BCUT2D eigenvalue weighted by molar-refractivity contribution is 5.85. The molecule has 2 nitrogen and oxygen atoms in total. The molecular weight excluding hydrogens is 318 g/mol. The molecule has 1 N–H and O–H groups in total. The predicted octanol–water partition coefficient (Wildman–Crippen LogP) is 4.72. The summed E-state index contributed by atoms with van der Waals surface area (Å²) < 4.78 is 6.26. The molecule has 2 heteroatoms. The minimum atomic E-state index is 0.158. The number of ether oxygens (including phenoxy) is 1. The fraction of sp³-hybridized carbons (Fsp3) is 0.333. The highest BCUT2D eigenvalue weighted by Crippen LogP contribution is 2.33. The van der Waals surface area contributed by atoms with Gasteiger partial charge >= 0.3 is 0 Å². The van der Waals surface area contributed by atoms with Crippen LogP contribution in [0.3, 0.4) is 0 Å². The second-order valence-corrected chi connectivity index (χ2v) is 7.34. The lowest BCUT2D eigenvalue weighted by molar-refractivity contribution is 0.0691. The SMILES string of the molecule is c1ccc(C2(COCCc3cccc4ccccc34)CCNCC2)cc1. The van der Waals surface area contributed by atoms with Crippen LogP contribution in [0.4, 0.5) is 0 Å². The van der Waals surface area contributed by atoms with E-state index in [-0.39, 0.29) is 5.41 Å². The van der Waals surface area contributed by atoms with E-state index < -0.39 is 0 Å².